The molecule has 0 aliphatic heterocycles. The number of nitrogens with zero attached hydrogens (tertiary/aromatic N) is 2. The SMILES string of the molecule is COC(=O)C1(c2nc(C(C)(C)OC)no2)CC1. The van der Waals surface area contributed by atoms with Crippen molar-refractivity contribution in [2.45, 2.75) is 37.7 Å². The van der Waals surface area contributed by atoms with Crippen molar-refractivity contribution in [2.24, 2.45) is 0 Å². The van der Waals surface area contributed by atoms with E-state index in [1.54, 1.807) is 7.11 Å². The summed E-state index contributed by atoms with van der Waals surface area (Å²) in [6.45, 7) is 3.67. The third-order valence-electron chi connectivity index (χ3n) is 3.21. The topological polar surface area (TPSA) is 74.5 Å². The molecule has 0 unspecified atom stereocenters. The van der Waals surface area contributed by atoms with Crippen LogP contribution in [0.2, 0.25) is 0 Å². The lowest BCUT2D eigenvalue weighted by atomic mass is 10.1. The Labute approximate surface area is 99.3 Å². The number of esters is 1. The second kappa shape index (κ2) is 3.80. The van der Waals surface area contributed by atoms with Crippen molar-refractivity contribution in [1.29, 1.82) is 0 Å². The summed E-state index contributed by atoms with van der Waals surface area (Å²) in [6, 6.07) is 0. The lowest BCUT2D eigenvalue weighted by molar-refractivity contribution is -0.144. The van der Waals surface area contributed by atoms with Crippen LogP contribution in [0.5, 0.6) is 0 Å². The van der Waals surface area contributed by atoms with Gasteiger partial charge in [-0.15, -0.1) is 0 Å². The van der Waals surface area contributed by atoms with E-state index < -0.39 is 11.0 Å². The fourth-order valence-electron chi connectivity index (χ4n) is 1.58. The first-order valence-electron chi connectivity index (χ1n) is 5.44. The number of carbonyl (C=O) groups is 1. The maximum absolute atomic E-state index is 11.6. The molecule has 17 heavy (non-hydrogen) atoms. The quantitative estimate of drug-likeness (QED) is 0.735. The Morgan fingerprint density at radius 3 is 2.53 bits per heavy atom. The molecule has 0 radical (unpaired) electrons. The van der Waals surface area contributed by atoms with Gasteiger partial charge in [-0.25, -0.2) is 0 Å². The molecular weight excluding hydrogens is 224 g/mol. The molecule has 1 fully saturated rings. The van der Waals surface area contributed by atoms with Gasteiger partial charge >= 0.3 is 5.97 Å². The Balaban J connectivity index is 2.28. The molecule has 0 atom stereocenters. The molecule has 1 heterocycles. The summed E-state index contributed by atoms with van der Waals surface area (Å²) in [5.74, 6) is 0.442. The van der Waals surface area contributed by atoms with Crippen LogP contribution >= 0.6 is 0 Å². The molecule has 0 saturated heterocycles. The van der Waals surface area contributed by atoms with Crippen molar-refractivity contribution in [3.8, 4) is 0 Å². The average Bonchev–Trinajstić information content (AvgIpc) is 2.98. The summed E-state index contributed by atoms with van der Waals surface area (Å²) < 4.78 is 15.2. The number of carbonyl (C=O) groups excluding carboxylic acids is 1. The van der Waals surface area contributed by atoms with Crippen molar-refractivity contribution in [2.75, 3.05) is 14.2 Å². The van der Waals surface area contributed by atoms with Crippen LogP contribution in [0.1, 0.15) is 38.4 Å². The first-order chi connectivity index (χ1) is 7.96. The Morgan fingerprint density at radius 2 is 2.06 bits per heavy atom. The van der Waals surface area contributed by atoms with E-state index >= 15 is 0 Å². The largest absolute Gasteiger partial charge is 0.468 e. The van der Waals surface area contributed by atoms with Crippen LogP contribution in [-0.2, 0) is 25.3 Å². The van der Waals surface area contributed by atoms with Crippen molar-refractivity contribution in [1.82, 2.24) is 10.1 Å². The van der Waals surface area contributed by atoms with Crippen molar-refractivity contribution < 1.29 is 18.8 Å². The van der Waals surface area contributed by atoms with E-state index in [1.807, 2.05) is 13.8 Å². The minimum absolute atomic E-state index is 0.317. The van der Waals surface area contributed by atoms with E-state index in [1.165, 1.54) is 7.11 Å². The zero-order valence-electron chi connectivity index (χ0n) is 10.4. The van der Waals surface area contributed by atoms with Gasteiger partial charge < -0.3 is 14.0 Å². The molecule has 6 nitrogen and oxygen atoms in total. The molecule has 0 amide bonds. The van der Waals surface area contributed by atoms with E-state index in [4.69, 9.17) is 14.0 Å². The molecule has 1 saturated carbocycles. The Morgan fingerprint density at radius 1 is 1.41 bits per heavy atom. The number of ether oxygens (including phenoxy) is 2. The van der Waals surface area contributed by atoms with Gasteiger partial charge in [0.15, 0.2) is 0 Å². The molecule has 1 aliphatic carbocycles. The van der Waals surface area contributed by atoms with Crippen molar-refractivity contribution in [3.05, 3.63) is 11.7 Å². The van der Waals surface area contributed by atoms with Gasteiger partial charge in [-0.2, -0.15) is 4.98 Å². The van der Waals surface area contributed by atoms with E-state index in [0.29, 0.717) is 24.6 Å². The summed E-state index contributed by atoms with van der Waals surface area (Å²) in [7, 11) is 2.93. The van der Waals surface area contributed by atoms with Crippen molar-refractivity contribution >= 4 is 5.97 Å². The van der Waals surface area contributed by atoms with Gasteiger partial charge in [-0.1, -0.05) is 5.16 Å². The number of rotatable bonds is 4. The lowest BCUT2D eigenvalue weighted by Crippen LogP contribution is -2.24. The Kier molecular flexibility index (Phi) is 2.69. The van der Waals surface area contributed by atoms with E-state index in [-0.39, 0.29) is 5.97 Å². The third kappa shape index (κ3) is 1.82. The molecule has 1 aromatic rings. The predicted molar refractivity (Wildman–Crippen MR) is 57.3 cm³/mol. The summed E-state index contributed by atoms with van der Waals surface area (Å²) in [4.78, 5) is 15.9. The maximum atomic E-state index is 11.6. The van der Waals surface area contributed by atoms with Crippen LogP contribution in [0.25, 0.3) is 0 Å². The second-order valence-corrected chi connectivity index (χ2v) is 4.71. The van der Waals surface area contributed by atoms with Crippen molar-refractivity contribution in [3.63, 3.8) is 0 Å². The normalized spacial score (nSPS) is 17.9. The predicted octanol–water partition coefficient (Wildman–Crippen LogP) is 1.16. The average molecular weight is 240 g/mol. The highest BCUT2D eigenvalue weighted by molar-refractivity contribution is 5.85. The lowest BCUT2D eigenvalue weighted by Gasteiger charge is -2.17. The molecule has 6 heteroatoms. The van der Waals surface area contributed by atoms with Crippen LogP contribution in [0.4, 0.5) is 0 Å². The zero-order chi connectivity index (χ0) is 12.7. The Hall–Kier alpha value is -1.43. The molecular formula is C11H16N2O4. The summed E-state index contributed by atoms with van der Waals surface area (Å²) in [6.07, 6.45) is 1.38. The maximum Gasteiger partial charge on any atom is 0.321 e. The molecule has 0 spiro atoms. The highest BCUT2D eigenvalue weighted by Gasteiger charge is 2.57. The highest BCUT2D eigenvalue weighted by Crippen LogP contribution is 2.48. The summed E-state index contributed by atoms with van der Waals surface area (Å²) >= 11 is 0. The van der Waals surface area contributed by atoms with Crippen LogP contribution in [-0.4, -0.2) is 30.3 Å². The van der Waals surface area contributed by atoms with Gasteiger partial charge in [0.25, 0.3) is 0 Å². The van der Waals surface area contributed by atoms with Gasteiger partial charge in [0.1, 0.15) is 11.0 Å². The molecule has 0 bridgehead atoms. The van der Waals surface area contributed by atoms with Gasteiger partial charge in [0.05, 0.1) is 7.11 Å². The van der Waals surface area contributed by atoms with Gasteiger partial charge in [-0.3, -0.25) is 4.79 Å². The van der Waals surface area contributed by atoms with Crippen LogP contribution < -0.4 is 0 Å². The molecule has 1 aliphatic rings. The van der Waals surface area contributed by atoms with Gasteiger partial charge in [-0.05, 0) is 26.7 Å². The number of aromatic nitrogens is 2. The fourth-order valence-corrected chi connectivity index (χ4v) is 1.58. The first-order valence-corrected chi connectivity index (χ1v) is 5.44. The second-order valence-electron chi connectivity index (χ2n) is 4.71. The summed E-state index contributed by atoms with van der Waals surface area (Å²) in [5.41, 5.74) is -1.35. The fraction of sp³-hybridized carbons (Fsp3) is 0.727. The van der Waals surface area contributed by atoms with Crippen LogP contribution in [0, 0.1) is 0 Å². The number of hydrogen-bond donors (Lipinski definition) is 0. The number of methoxy groups -OCH3 is 2. The van der Waals surface area contributed by atoms with E-state index in [2.05, 4.69) is 10.1 Å². The van der Waals surface area contributed by atoms with Crippen LogP contribution in [0.15, 0.2) is 4.52 Å². The highest BCUT2D eigenvalue weighted by atomic mass is 16.5. The monoisotopic (exact) mass is 240 g/mol. The minimum Gasteiger partial charge on any atom is -0.468 e. The molecule has 0 aromatic carbocycles. The third-order valence-corrected chi connectivity index (χ3v) is 3.21. The van der Waals surface area contributed by atoms with E-state index in [9.17, 15) is 4.79 Å². The zero-order valence-corrected chi connectivity index (χ0v) is 10.4. The first kappa shape index (κ1) is 12.0. The minimum atomic E-state index is -0.718. The molecule has 0 N–H and O–H groups in total. The van der Waals surface area contributed by atoms with Gasteiger partial charge in [0, 0.05) is 7.11 Å². The molecule has 1 aromatic heterocycles. The van der Waals surface area contributed by atoms with Crippen LogP contribution in [0.3, 0.4) is 0 Å². The number of hydrogen-bond acceptors (Lipinski definition) is 6. The standard InChI is InChI=1S/C11H16N2O4/c1-10(2,16-4)7-12-8(17-13-7)11(5-6-11)9(14)15-3/h5-6H2,1-4H3. The smallest absolute Gasteiger partial charge is 0.321 e. The van der Waals surface area contributed by atoms with E-state index in [0.717, 1.165) is 0 Å². The summed E-state index contributed by atoms with van der Waals surface area (Å²) in [5, 5.41) is 3.86. The van der Waals surface area contributed by atoms with Gasteiger partial charge in [0.2, 0.25) is 11.7 Å². The molecule has 94 valence electrons. The Bertz CT molecular complexity index is 434. The molecule has 2 rings (SSSR count).